The second-order valence-electron chi connectivity index (χ2n) is 8.94. The number of carboxylic acids is 1. The van der Waals surface area contributed by atoms with Crippen LogP contribution < -0.4 is 4.74 Å². The Morgan fingerprint density at radius 3 is 2.57 bits per heavy atom. The van der Waals surface area contributed by atoms with E-state index in [2.05, 4.69) is 35.0 Å². The first-order valence-electron chi connectivity index (χ1n) is 11.1. The summed E-state index contributed by atoms with van der Waals surface area (Å²) in [6.45, 7) is 2.27. The number of hydrogen-bond acceptors (Lipinski definition) is 3. The van der Waals surface area contributed by atoms with Crippen LogP contribution in [0.1, 0.15) is 40.4 Å². The van der Waals surface area contributed by atoms with Gasteiger partial charge in [0.1, 0.15) is 11.4 Å². The molecule has 0 bridgehead atoms. The van der Waals surface area contributed by atoms with E-state index < -0.39 is 11.6 Å². The third-order valence-corrected chi connectivity index (χ3v) is 7.38. The minimum Gasteiger partial charge on any atom is -0.487 e. The molecule has 0 fully saturated rings. The summed E-state index contributed by atoms with van der Waals surface area (Å²) in [6, 6.07) is 18.7. The number of ether oxygens (including phenoxy) is 1. The Balaban J connectivity index is 1.54. The molecule has 35 heavy (non-hydrogen) atoms. The smallest absolute Gasteiger partial charge is 0.305 e. The van der Waals surface area contributed by atoms with Crippen molar-refractivity contribution in [3.05, 3.63) is 97.4 Å². The zero-order valence-corrected chi connectivity index (χ0v) is 22.2. The van der Waals surface area contributed by atoms with Crippen LogP contribution in [-0.2, 0) is 24.2 Å². The standard InChI is InChI=1S/C27H24BrCl2NO4/c1-27(14-17-5-8-21(28)9-6-17)15-20-13-18(7-10-23(20)35-27)26(34)31(12-11-24(32)33)16-19-3-2-4-22(29)25(19)30/h2-10,13H,11-12,14-16H2,1H3,(H,32,33). The predicted molar refractivity (Wildman–Crippen MR) is 140 cm³/mol. The van der Waals surface area contributed by atoms with E-state index in [1.54, 1.807) is 24.3 Å². The van der Waals surface area contributed by atoms with E-state index >= 15 is 0 Å². The summed E-state index contributed by atoms with van der Waals surface area (Å²) in [4.78, 5) is 26.2. The summed E-state index contributed by atoms with van der Waals surface area (Å²) < 4.78 is 7.31. The largest absolute Gasteiger partial charge is 0.487 e. The van der Waals surface area contributed by atoms with Crippen molar-refractivity contribution < 1.29 is 19.4 Å². The number of amides is 1. The highest BCUT2D eigenvalue weighted by atomic mass is 79.9. The number of rotatable bonds is 8. The summed E-state index contributed by atoms with van der Waals surface area (Å²) in [5.74, 6) is -0.492. The molecule has 1 aliphatic heterocycles. The number of nitrogens with zero attached hydrogens (tertiary/aromatic N) is 1. The van der Waals surface area contributed by atoms with E-state index in [9.17, 15) is 14.7 Å². The minimum atomic E-state index is -0.981. The van der Waals surface area contributed by atoms with Crippen molar-refractivity contribution in [1.82, 2.24) is 4.90 Å². The van der Waals surface area contributed by atoms with Crippen molar-refractivity contribution in [2.75, 3.05) is 6.54 Å². The highest BCUT2D eigenvalue weighted by Gasteiger charge is 2.35. The van der Waals surface area contributed by atoms with Crippen LogP contribution in [0.4, 0.5) is 0 Å². The Bertz CT molecular complexity index is 1260. The molecule has 8 heteroatoms. The minimum absolute atomic E-state index is 0.0475. The maximum absolute atomic E-state index is 13.5. The fourth-order valence-corrected chi connectivity index (χ4v) is 4.97. The van der Waals surface area contributed by atoms with Gasteiger partial charge in [-0.1, -0.05) is 63.4 Å². The van der Waals surface area contributed by atoms with Gasteiger partial charge in [0, 0.05) is 36.0 Å². The molecule has 1 aliphatic rings. The van der Waals surface area contributed by atoms with Gasteiger partial charge in [0.25, 0.3) is 5.91 Å². The molecule has 5 nitrogen and oxygen atoms in total. The van der Waals surface area contributed by atoms with E-state index in [-0.39, 0.29) is 25.4 Å². The van der Waals surface area contributed by atoms with E-state index in [1.165, 1.54) is 4.90 Å². The lowest BCUT2D eigenvalue weighted by Crippen LogP contribution is -2.33. The lowest BCUT2D eigenvalue weighted by Gasteiger charge is -2.24. The zero-order valence-electron chi connectivity index (χ0n) is 19.1. The molecule has 0 radical (unpaired) electrons. The summed E-state index contributed by atoms with van der Waals surface area (Å²) in [7, 11) is 0. The Hall–Kier alpha value is -2.54. The van der Waals surface area contributed by atoms with E-state index in [1.807, 2.05) is 24.3 Å². The van der Waals surface area contributed by atoms with Crippen molar-refractivity contribution in [2.45, 2.75) is 38.3 Å². The average Bonchev–Trinajstić information content (AvgIpc) is 3.15. The fraction of sp³-hybridized carbons (Fsp3) is 0.259. The summed E-state index contributed by atoms with van der Waals surface area (Å²) in [5.41, 5.74) is 2.83. The van der Waals surface area contributed by atoms with Crippen molar-refractivity contribution in [1.29, 1.82) is 0 Å². The molecule has 3 aromatic rings. The van der Waals surface area contributed by atoms with E-state index in [4.69, 9.17) is 27.9 Å². The van der Waals surface area contributed by atoms with Gasteiger partial charge in [-0.15, -0.1) is 0 Å². The molecule has 0 saturated heterocycles. The summed E-state index contributed by atoms with van der Waals surface area (Å²) >= 11 is 15.9. The molecule has 4 rings (SSSR count). The van der Waals surface area contributed by atoms with Gasteiger partial charge in [-0.2, -0.15) is 0 Å². The third kappa shape index (κ3) is 6.18. The fourth-order valence-electron chi connectivity index (χ4n) is 4.33. The molecule has 0 aliphatic carbocycles. The quantitative estimate of drug-likeness (QED) is 0.320. The number of fused-ring (bicyclic) bond motifs is 1. The van der Waals surface area contributed by atoms with Crippen molar-refractivity contribution in [3.63, 3.8) is 0 Å². The van der Waals surface area contributed by atoms with Crippen LogP contribution in [0.15, 0.2) is 65.1 Å². The van der Waals surface area contributed by atoms with Crippen LogP contribution in [0.3, 0.4) is 0 Å². The molecule has 0 aromatic heterocycles. The van der Waals surface area contributed by atoms with Crippen LogP contribution in [-0.4, -0.2) is 34.0 Å². The van der Waals surface area contributed by atoms with Gasteiger partial charge in [0.2, 0.25) is 0 Å². The van der Waals surface area contributed by atoms with Gasteiger partial charge in [0.05, 0.1) is 16.5 Å². The van der Waals surface area contributed by atoms with Gasteiger partial charge < -0.3 is 14.7 Å². The number of halogens is 3. The monoisotopic (exact) mass is 575 g/mol. The Kier molecular flexibility index (Phi) is 7.74. The topological polar surface area (TPSA) is 66.8 Å². The van der Waals surface area contributed by atoms with Gasteiger partial charge in [-0.25, -0.2) is 0 Å². The highest BCUT2D eigenvalue weighted by Crippen LogP contribution is 2.38. The molecule has 0 spiro atoms. The SMILES string of the molecule is CC1(Cc2ccc(Br)cc2)Cc2cc(C(=O)N(CCC(=O)O)Cc3cccc(Cl)c3Cl)ccc2O1. The van der Waals surface area contributed by atoms with Crippen LogP contribution >= 0.6 is 39.1 Å². The van der Waals surface area contributed by atoms with Gasteiger partial charge in [0.15, 0.2) is 0 Å². The number of benzene rings is 3. The zero-order chi connectivity index (χ0) is 25.2. The maximum Gasteiger partial charge on any atom is 0.305 e. The normalized spacial score (nSPS) is 16.5. The maximum atomic E-state index is 13.5. The Labute approximate surface area is 222 Å². The number of hydrogen-bond donors (Lipinski definition) is 1. The second-order valence-corrected chi connectivity index (χ2v) is 10.6. The first kappa shape index (κ1) is 25.5. The van der Waals surface area contributed by atoms with Crippen LogP contribution in [0.2, 0.25) is 10.0 Å². The number of carbonyl (C=O) groups excluding carboxylic acids is 1. The van der Waals surface area contributed by atoms with Gasteiger partial charge >= 0.3 is 5.97 Å². The highest BCUT2D eigenvalue weighted by molar-refractivity contribution is 9.10. The van der Waals surface area contributed by atoms with Crippen LogP contribution in [0.25, 0.3) is 0 Å². The number of carbonyl (C=O) groups is 2. The summed E-state index contributed by atoms with van der Waals surface area (Å²) in [6.07, 6.45) is 1.22. The lowest BCUT2D eigenvalue weighted by atomic mass is 9.91. The van der Waals surface area contributed by atoms with Crippen LogP contribution in [0.5, 0.6) is 5.75 Å². The van der Waals surface area contributed by atoms with Crippen molar-refractivity contribution in [3.8, 4) is 5.75 Å². The first-order chi connectivity index (χ1) is 16.6. The van der Waals surface area contributed by atoms with Gasteiger partial charge in [-0.05, 0) is 60.0 Å². The molecule has 1 heterocycles. The molecule has 3 aromatic carbocycles. The number of carboxylic acid groups (broad SMARTS) is 1. The molecule has 182 valence electrons. The molecule has 1 amide bonds. The Morgan fingerprint density at radius 1 is 1.11 bits per heavy atom. The Morgan fingerprint density at radius 2 is 1.86 bits per heavy atom. The predicted octanol–water partition coefficient (Wildman–Crippen LogP) is 6.81. The first-order valence-corrected chi connectivity index (χ1v) is 12.7. The summed E-state index contributed by atoms with van der Waals surface area (Å²) in [5, 5.41) is 9.93. The lowest BCUT2D eigenvalue weighted by molar-refractivity contribution is -0.137. The molecule has 1 unspecified atom stereocenters. The average molecular weight is 577 g/mol. The van der Waals surface area contributed by atoms with Gasteiger partial charge in [-0.3, -0.25) is 9.59 Å². The molecule has 0 saturated carbocycles. The number of aliphatic carboxylic acids is 1. The third-order valence-electron chi connectivity index (χ3n) is 6.00. The molecular formula is C27H24BrCl2NO4. The van der Waals surface area contributed by atoms with Crippen molar-refractivity contribution in [2.24, 2.45) is 0 Å². The molecule has 1 atom stereocenters. The molecular weight excluding hydrogens is 553 g/mol. The molecule has 1 N–H and O–H groups in total. The van der Waals surface area contributed by atoms with E-state index in [0.29, 0.717) is 27.6 Å². The van der Waals surface area contributed by atoms with Crippen molar-refractivity contribution >= 4 is 51.0 Å². The van der Waals surface area contributed by atoms with Crippen LogP contribution in [0, 0.1) is 0 Å². The van der Waals surface area contributed by atoms with E-state index in [0.717, 1.165) is 27.8 Å². The second kappa shape index (κ2) is 10.6.